The second-order valence-corrected chi connectivity index (χ2v) is 6.97. The summed E-state index contributed by atoms with van der Waals surface area (Å²) in [6, 6.07) is 8.60. The zero-order valence-electron chi connectivity index (χ0n) is 10.8. The van der Waals surface area contributed by atoms with Gasteiger partial charge in [-0.15, -0.1) is 10.2 Å². The van der Waals surface area contributed by atoms with Crippen molar-refractivity contribution >= 4 is 23.1 Å². The number of hydrogen-bond donors (Lipinski definition) is 1. The molecule has 1 heterocycles. The van der Waals surface area contributed by atoms with E-state index in [0.29, 0.717) is 0 Å². The molecule has 0 radical (unpaired) electrons. The number of rotatable bonds is 4. The van der Waals surface area contributed by atoms with Crippen LogP contribution in [0.5, 0.6) is 0 Å². The maximum absolute atomic E-state index is 6.10. The molecule has 0 amide bonds. The van der Waals surface area contributed by atoms with E-state index in [1.807, 2.05) is 13.8 Å². The summed E-state index contributed by atoms with van der Waals surface area (Å²) in [7, 11) is 0. The first-order valence-electron chi connectivity index (χ1n) is 5.85. The monoisotopic (exact) mass is 279 g/mol. The third-order valence-corrected chi connectivity index (χ3v) is 5.03. The predicted molar refractivity (Wildman–Crippen MR) is 78.1 cm³/mol. The van der Waals surface area contributed by atoms with Crippen molar-refractivity contribution < 1.29 is 0 Å². The Morgan fingerprint density at radius 3 is 2.33 bits per heavy atom. The molecule has 96 valence electrons. The minimum atomic E-state index is 0.0712. The number of nitrogens with two attached hydrogens (primary N) is 1. The molecule has 0 aliphatic heterocycles. The van der Waals surface area contributed by atoms with Crippen molar-refractivity contribution in [2.24, 2.45) is 5.73 Å². The molecule has 0 spiro atoms. The molecular formula is C13H17N3S2. The standard InChI is InChI=1S/C13H17N3S2/c1-8-4-6-11(7-5-8)12(9(2)14)18-13-16-15-10(3)17-13/h4-7,9,12H,14H2,1-3H3. The number of nitrogens with zero attached hydrogens (tertiary/aromatic N) is 2. The van der Waals surface area contributed by atoms with Gasteiger partial charge in [-0.05, 0) is 26.3 Å². The summed E-state index contributed by atoms with van der Waals surface area (Å²) < 4.78 is 0.982. The third kappa shape index (κ3) is 3.31. The van der Waals surface area contributed by atoms with Crippen LogP contribution in [-0.4, -0.2) is 16.2 Å². The summed E-state index contributed by atoms with van der Waals surface area (Å²) >= 11 is 3.31. The van der Waals surface area contributed by atoms with Gasteiger partial charge in [0.05, 0.1) is 5.25 Å². The molecule has 18 heavy (non-hydrogen) atoms. The molecule has 2 atom stereocenters. The molecule has 2 aromatic rings. The Morgan fingerprint density at radius 2 is 1.83 bits per heavy atom. The predicted octanol–water partition coefficient (Wildman–Crippen LogP) is 3.34. The van der Waals surface area contributed by atoms with Crippen LogP contribution in [0.4, 0.5) is 0 Å². The highest BCUT2D eigenvalue weighted by molar-refractivity contribution is 8.01. The molecule has 5 heteroatoms. The van der Waals surface area contributed by atoms with E-state index in [1.165, 1.54) is 11.1 Å². The van der Waals surface area contributed by atoms with Gasteiger partial charge in [-0.3, -0.25) is 0 Å². The van der Waals surface area contributed by atoms with Crippen LogP contribution in [0, 0.1) is 13.8 Å². The molecule has 1 aromatic heterocycles. The Kier molecular flexibility index (Phi) is 4.37. The topological polar surface area (TPSA) is 51.8 Å². The van der Waals surface area contributed by atoms with Crippen molar-refractivity contribution in [3.63, 3.8) is 0 Å². The van der Waals surface area contributed by atoms with Gasteiger partial charge in [0.15, 0.2) is 4.34 Å². The molecule has 0 aliphatic rings. The van der Waals surface area contributed by atoms with Crippen LogP contribution in [0.15, 0.2) is 28.6 Å². The summed E-state index contributed by atoms with van der Waals surface area (Å²) in [5.41, 5.74) is 8.60. The van der Waals surface area contributed by atoms with Gasteiger partial charge in [0.25, 0.3) is 0 Å². The SMILES string of the molecule is Cc1ccc(C(Sc2nnc(C)s2)C(C)N)cc1. The molecule has 2 unspecified atom stereocenters. The molecule has 0 saturated carbocycles. The van der Waals surface area contributed by atoms with Gasteiger partial charge >= 0.3 is 0 Å². The molecule has 0 fully saturated rings. The van der Waals surface area contributed by atoms with Crippen LogP contribution in [0.2, 0.25) is 0 Å². The Balaban J connectivity index is 2.20. The Labute approximate surface area is 116 Å². The first kappa shape index (κ1) is 13.5. The van der Waals surface area contributed by atoms with E-state index in [-0.39, 0.29) is 11.3 Å². The van der Waals surface area contributed by atoms with Crippen LogP contribution >= 0.6 is 23.1 Å². The van der Waals surface area contributed by atoms with Crippen molar-refractivity contribution in [2.75, 3.05) is 0 Å². The van der Waals surface area contributed by atoms with Gasteiger partial charge in [0.2, 0.25) is 0 Å². The zero-order chi connectivity index (χ0) is 13.1. The highest BCUT2D eigenvalue weighted by Gasteiger charge is 2.19. The average Bonchev–Trinajstić information content (AvgIpc) is 2.73. The zero-order valence-corrected chi connectivity index (χ0v) is 12.4. The lowest BCUT2D eigenvalue weighted by atomic mass is 10.1. The van der Waals surface area contributed by atoms with Gasteiger partial charge < -0.3 is 5.73 Å². The molecule has 1 aromatic carbocycles. The maximum atomic E-state index is 6.10. The average molecular weight is 279 g/mol. The lowest BCUT2D eigenvalue weighted by molar-refractivity contribution is 0.720. The fraction of sp³-hybridized carbons (Fsp3) is 0.385. The Bertz CT molecular complexity index is 505. The number of aromatic nitrogens is 2. The molecule has 2 N–H and O–H groups in total. The van der Waals surface area contributed by atoms with Crippen molar-refractivity contribution in [3.8, 4) is 0 Å². The molecule has 3 nitrogen and oxygen atoms in total. The van der Waals surface area contributed by atoms with E-state index in [2.05, 4.69) is 41.4 Å². The molecular weight excluding hydrogens is 262 g/mol. The van der Waals surface area contributed by atoms with Crippen LogP contribution < -0.4 is 5.73 Å². The summed E-state index contributed by atoms with van der Waals surface area (Å²) in [5, 5.41) is 9.41. The minimum absolute atomic E-state index is 0.0712. The van der Waals surface area contributed by atoms with Gasteiger partial charge in [-0.25, -0.2) is 0 Å². The van der Waals surface area contributed by atoms with Gasteiger partial charge in [0, 0.05) is 6.04 Å². The molecule has 0 aliphatic carbocycles. The Hall–Kier alpha value is -0.910. The summed E-state index contributed by atoms with van der Waals surface area (Å²) in [5.74, 6) is 0. The maximum Gasteiger partial charge on any atom is 0.174 e. The first-order chi connectivity index (χ1) is 8.56. The molecule has 2 rings (SSSR count). The lowest BCUT2D eigenvalue weighted by Crippen LogP contribution is -2.22. The van der Waals surface area contributed by atoms with Gasteiger partial charge in [-0.1, -0.05) is 52.9 Å². The number of thioether (sulfide) groups is 1. The second-order valence-electron chi connectivity index (χ2n) is 4.40. The first-order valence-corrected chi connectivity index (χ1v) is 7.55. The quantitative estimate of drug-likeness (QED) is 0.872. The normalized spacial score (nSPS) is 14.4. The largest absolute Gasteiger partial charge is 0.327 e. The van der Waals surface area contributed by atoms with Crippen LogP contribution in [0.3, 0.4) is 0 Å². The van der Waals surface area contributed by atoms with Crippen LogP contribution in [0.25, 0.3) is 0 Å². The third-order valence-electron chi connectivity index (χ3n) is 2.62. The molecule has 0 saturated heterocycles. The minimum Gasteiger partial charge on any atom is -0.327 e. The van der Waals surface area contributed by atoms with Crippen molar-refractivity contribution in [3.05, 3.63) is 40.4 Å². The van der Waals surface area contributed by atoms with Crippen molar-refractivity contribution in [1.82, 2.24) is 10.2 Å². The highest BCUT2D eigenvalue weighted by atomic mass is 32.2. The van der Waals surface area contributed by atoms with Crippen molar-refractivity contribution in [2.45, 2.75) is 36.4 Å². The number of aryl methyl sites for hydroxylation is 2. The molecule has 0 bridgehead atoms. The number of benzene rings is 1. The van der Waals surface area contributed by atoms with E-state index >= 15 is 0 Å². The van der Waals surface area contributed by atoms with E-state index in [1.54, 1.807) is 23.1 Å². The van der Waals surface area contributed by atoms with Crippen molar-refractivity contribution in [1.29, 1.82) is 0 Å². The summed E-state index contributed by atoms with van der Waals surface area (Å²) in [4.78, 5) is 0. The lowest BCUT2D eigenvalue weighted by Gasteiger charge is -2.19. The van der Waals surface area contributed by atoms with E-state index < -0.39 is 0 Å². The van der Waals surface area contributed by atoms with Gasteiger partial charge in [-0.2, -0.15) is 0 Å². The number of hydrogen-bond acceptors (Lipinski definition) is 5. The highest BCUT2D eigenvalue weighted by Crippen LogP contribution is 2.38. The van der Waals surface area contributed by atoms with E-state index in [4.69, 9.17) is 5.73 Å². The van der Waals surface area contributed by atoms with E-state index in [9.17, 15) is 0 Å². The van der Waals surface area contributed by atoms with Crippen LogP contribution in [0.1, 0.15) is 28.3 Å². The van der Waals surface area contributed by atoms with Crippen LogP contribution in [-0.2, 0) is 0 Å². The second kappa shape index (κ2) is 5.82. The van der Waals surface area contributed by atoms with Gasteiger partial charge in [0.1, 0.15) is 5.01 Å². The summed E-state index contributed by atoms with van der Waals surface area (Å²) in [6.07, 6.45) is 0. The smallest absolute Gasteiger partial charge is 0.174 e. The fourth-order valence-electron chi connectivity index (χ4n) is 1.67. The fourth-order valence-corrected chi connectivity index (χ4v) is 3.76. The van der Waals surface area contributed by atoms with E-state index in [0.717, 1.165) is 9.35 Å². The summed E-state index contributed by atoms with van der Waals surface area (Å²) in [6.45, 7) is 6.09. The Morgan fingerprint density at radius 1 is 1.17 bits per heavy atom.